The quantitative estimate of drug-likeness (QED) is 0.739. The summed E-state index contributed by atoms with van der Waals surface area (Å²) in [5.41, 5.74) is 1.50. The van der Waals surface area contributed by atoms with Crippen molar-refractivity contribution in [3.63, 3.8) is 0 Å². The van der Waals surface area contributed by atoms with E-state index in [1.54, 1.807) is 0 Å². The fourth-order valence-corrected chi connectivity index (χ4v) is 3.78. The van der Waals surface area contributed by atoms with Gasteiger partial charge in [-0.15, -0.1) is 0 Å². The second-order valence-electron chi connectivity index (χ2n) is 7.38. The fraction of sp³-hybridized carbons (Fsp3) is 0.700. The van der Waals surface area contributed by atoms with E-state index in [-0.39, 0.29) is 0 Å². The minimum absolute atomic E-state index is 0.620. The van der Waals surface area contributed by atoms with E-state index in [1.807, 2.05) is 0 Å². The molecule has 1 aliphatic rings. The number of aryl methyl sites for hydroxylation is 1. The van der Waals surface area contributed by atoms with Crippen molar-refractivity contribution in [3.8, 4) is 0 Å². The maximum atomic E-state index is 3.67. The molecule has 0 amide bonds. The zero-order chi connectivity index (χ0) is 15.1. The van der Waals surface area contributed by atoms with Crippen LogP contribution in [0, 0.1) is 17.8 Å². The first kappa shape index (κ1) is 16.5. The molecule has 3 atom stereocenters. The van der Waals surface area contributed by atoms with E-state index in [9.17, 15) is 0 Å². The van der Waals surface area contributed by atoms with Crippen LogP contribution >= 0.6 is 0 Å². The number of rotatable bonds is 7. The second kappa shape index (κ2) is 8.58. The van der Waals surface area contributed by atoms with Gasteiger partial charge < -0.3 is 5.32 Å². The number of nitrogens with one attached hydrogen (secondary N) is 1. The van der Waals surface area contributed by atoms with Crippen LogP contribution in [-0.4, -0.2) is 12.6 Å². The minimum Gasteiger partial charge on any atom is -0.314 e. The van der Waals surface area contributed by atoms with E-state index in [4.69, 9.17) is 0 Å². The zero-order valence-electron chi connectivity index (χ0n) is 14.1. The first-order valence-corrected chi connectivity index (χ1v) is 8.92. The lowest BCUT2D eigenvalue weighted by Crippen LogP contribution is -2.35. The van der Waals surface area contributed by atoms with Gasteiger partial charge in [0, 0.05) is 6.04 Å². The van der Waals surface area contributed by atoms with Gasteiger partial charge in [-0.05, 0) is 62.0 Å². The van der Waals surface area contributed by atoms with Gasteiger partial charge in [-0.2, -0.15) is 0 Å². The minimum atomic E-state index is 0.620. The van der Waals surface area contributed by atoms with Crippen LogP contribution < -0.4 is 5.32 Å². The third-order valence-electron chi connectivity index (χ3n) is 5.07. The van der Waals surface area contributed by atoms with Gasteiger partial charge in [0.25, 0.3) is 0 Å². The molecule has 1 aromatic carbocycles. The molecule has 1 aliphatic carbocycles. The van der Waals surface area contributed by atoms with E-state index >= 15 is 0 Å². The average Bonchev–Trinajstić information content (AvgIpc) is 2.47. The van der Waals surface area contributed by atoms with Gasteiger partial charge in [0.15, 0.2) is 0 Å². The predicted octanol–water partition coefficient (Wildman–Crippen LogP) is 5.06. The summed E-state index contributed by atoms with van der Waals surface area (Å²) >= 11 is 0. The molecular weight excluding hydrogens is 254 g/mol. The molecule has 0 aliphatic heterocycles. The molecule has 0 saturated heterocycles. The summed E-state index contributed by atoms with van der Waals surface area (Å²) in [4.78, 5) is 0. The standard InChI is InChI=1S/C20H33N/c1-16(2)21-15-20-13-12-17(3)14-19(20)11-7-10-18-8-5-4-6-9-18/h4-6,8-9,16-17,19-21H,7,10-15H2,1-3H3. The zero-order valence-corrected chi connectivity index (χ0v) is 14.1. The maximum absolute atomic E-state index is 3.67. The van der Waals surface area contributed by atoms with Crippen LogP contribution in [0.25, 0.3) is 0 Å². The van der Waals surface area contributed by atoms with Gasteiger partial charge in [-0.3, -0.25) is 0 Å². The van der Waals surface area contributed by atoms with Crippen molar-refractivity contribution in [2.75, 3.05) is 6.54 Å². The Hall–Kier alpha value is -0.820. The lowest BCUT2D eigenvalue weighted by molar-refractivity contribution is 0.170. The van der Waals surface area contributed by atoms with Crippen LogP contribution in [0.5, 0.6) is 0 Å². The van der Waals surface area contributed by atoms with E-state index in [0.717, 1.165) is 17.8 Å². The second-order valence-corrected chi connectivity index (χ2v) is 7.38. The Morgan fingerprint density at radius 2 is 1.86 bits per heavy atom. The van der Waals surface area contributed by atoms with Crippen molar-refractivity contribution < 1.29 is 0 Å². The van der Waals surface area contributed by atoms with Crippen molar-refractivity contribution >= 4 is 0 Å². The molecule has 2 rings (SSSR count). The number of hydrogen-bond donors (Lipinski definition) is 1. The Morgan fingerprint density at radius 3 is 2.57 bits per heavy atom. The Kier molecular flexibility index (Phi) is 6.76. The largest absolute Gasteiger partial charge is 0.314 e. The van der Waals surface area contributed by atoms with Crippen LogP contribution in [0.2, 0.25) is 0 Å². The van der Waals surface area contributed by atoms with E-state index in [1.165, 1.54) is 50.6 Å². The third-order valence-corrected chi connectivity index (χ3v) is 5.07. The van der Waals surface area contributed by atoms with Crippen molar-refractivity contribution in [1.29, 1.82) is 0 Å². The molecule has 1 heteroatoms. The highest BCUT2D eigenvalue weighted by Crippen LogP contribution is 2.36. The topological polar surface area (TPSA) is 12.0 Å². The third kappa shape index (κ3) is 5.82. The molecule has 118 valence electrons. The van der Waals surface area contributed by atoms with Gasteiger partial charge in [0.2, 0.25) is 0 Å². The van der Waals surface area contributed by atoms with Crippen LogP contribution in [0.1, 0.15) is 58.4 Å². The summed E-state index contributed by atoms with van der Waals surface area (Å²) in [6, 6.07) is 11.6. The van der Waals surface area contributed by atoms with Gasteiger partial charge in [0.1, 0.15) is 0 Å². The molecule has 0 aromatic heterocycles. The molecule has 0 bridgehead atoms. The molecule has 1 fully saturated rings. The maximum Gasteiger partial charge on any atom is 0.00104 e. The Bertz CT molecular complexity index is 384. The van der Waals surface area contributed by atoms with Crippen molar-refractivity contribution in [3.05, 3.63) is 35.9 Å². The summed E-state index contributed by atoms with van der Waals surface area (Å²) in [7, 11) is 0. The monoisotopic (exact) mass is 287 g/mol. The van der Waals surface area contributed by atoms with Crippen molar-refractivity contribution in [1.82, 2.24) is 5.32 Å². The predicted molar refractivity (Wildman–Crippen MR) is 92.5 cm³/mol. The van der Waals surface area contributed by atoms with Crippen LogP contribution in [-0.2, 0) is 6.42 Å². The summed E-state index contributed by atoms with van der Waals surface area (Å²) in [5, 5.41) is 3.67. The summed E-state index contributed by atoms with van der Waals surface area (Å²) in [6.45, 7) is 8.18. The van der Waals surface area contributed by atoms with Crippen LogP contribution in [0.15, 0.2) is 30.3 Å². The summed E-state index contributed by atoms with van der Waals surface area (Å²) in [6.07, 6.45) is 8.30. The smallest absolute Gasteiger partial charge is 0.00104 e. The van der Waals surface area contributed by atoms with Gasteiger partial charge in [-0.1, -0.05) is 57.5 Å². The first-order valence-electron chi connectivity index (χ1n) is 8.92. The SMILES string of the molecule is CC1CCC(CNC(C)C)C(CCCc2ccccc2)C1. The van der Waals surface area contributed by atoms with Crippen molar-refractivity contribution in [2.24, 2.45) is 17.8 Å². The molecule has 1 aromatic rings. The Morgan fingerprint density at radius 1 is 1.10 bits per heavy atom. The number of hydrogen-bond acceptors (Lipinski definition) is 1. The highest BCUT2D eigenvalue weighted by atomic mass is 14.9. The van der Waals surface area contributed by atoms with Gasteiger partial charge >= 0.3 is 0 Å². The van der Waals surface area contributed by atoms with Gasteiger partial charge in [-0.25, -0.2) is 0 Å². The lowest BCUT2D eigenvalue weighted by Gasteiger charge is -2.35. The highest BCUT2D eigenvalue weighted by Gasteiger charge is 2.27. The average molecular weight is 287 g/mol. The first-order chi connectivity index (χ1) is 10.1. The molecular formula is C20H33N. The summed E-state index contributed by atoms with van der Waals surface area (Å²) in [5.74, 6) is 2.77. The molecule has 1 N–H and O–H groups in total. The summed E-state index contributed by atoms with van der Waals surface area (Å²) < 4.78 is 0. The molecule has 3 unspecified atom stereocenters. The van der Waals surface area contributed by atoms with E-state index < -0.39 is 0 Å². The van der Waals surface area contributed by atoms with Crippen LogP contribution in [0.3, 0.4) is 0 Å². The molecule has 1 saturated carbocycles. The Balaban J connectivity index is 1.79. The molecule has 21 heavy (non-hydrogen) atoms. The van der Waals surface area contributed by atoms with E-state index in [2.05, 4.69) is 56.4 Å². The molecule has 0 heterocycles. The number of benzene rings is 1. The normalized spacial score (nSPS) is 26.2. The highest BCUT2D eigenvalue weighted by molar-refractivity contribution is 5.14. The van der Waals surface area contributed by atoms with Crippen LogP contribution in [0.4, 0.5) is 0 Å². The lowest BCUT2D eigenvalue weighted by atomic mass is 9.72. The van der Waals surface area contributed by atoms with Gasteiger partial charge in [0.05, 0.1) is 0 Å². The molecule has 0 spiro atoms. The van der Waals surface area contributed by atoms with Crippen molar-refractivity contribution in [2.45, 2.75) is 65.3 Å². The molecule has 0 radical (unpaired) electrons. The Labute approximate surface area is 131 Å². The molecule has 1 nitrogen and oxygen atoms in total. The fourth-order valence-electron chi connectivity index (χ4n) is 3.78. The van der Waals surface area contributed by atoms with E-state index in [0.29, 0.717) is 6.04 Å².